The van der Waals surface area contributed by atoms with E-state index in [0.29, 0.717) is 11.7 Å². The van der Waals surface area contributed by atoms with E-state index in [1.54, 1.807) is 18.3 Å². The van der Waals surface area contributed by atoms with Crippen molar-refractivity contribution in [2.24, 2.45) is 0 Å². The Hall–Kier alpha value is -1.82. The molecule has 148 valence electrons. The van der Waals surface area contributed by atoms with Gasteiger partial charge in [0, 0.05) is 6.20 Å². The lowest BCUT2D eigenvalue weighted by atomic mass is 10.1. The minimum Gasteiger partial charge on any atom is -0.466 e. The Balaban J connectivity index is 1.93. The van der Waals surface area contributed by atoms with Crippen LogP contribution >= 0.6 is 0 Å². The highest BCUT2D eigenvalue weighted by molar-refractivity contribution is 5.91. The van der Waals surface area contributed by atoms with E-state index in [-0.39, 0.29) is 24.6 Å². The molecule has 0 bridgehead atoms. The third kappa shape index (κ3) is 10.2. The third-order valence-corrected chi connectivity index (χ3v) is 4.35. The van der Waals surface area contributed by atoms with Crippen LogP contribution in [0.25, 0.3) is 0 Å². The second kappa shape index (κ2) is 14.4. The number of ether oxygens (including phenoxy) is 1. The topological polar surface area (TPSA) is 82.6 Å². The average molecular weight is 367 g/mol. The Bertz CT molecular complexity index is 488. The molecular formula is C20H34N2O4. The van der Waals surface area contributed by atoms with Crippen molar-refractivity contribution in [2.75, 3.05) is 13.2 Å². The van der Waals surface area contributed by atoms with Crippen molar-refractivity contribution in [2.45, 2.75) is 77.6 Å². The standard InChI is InChI=1S/C20H34N2O4/c1-2-3-4-5-6-7-8-9-10-11-17-26-19(23)14-16-22(25)20(24)18-13-12-15-21-18/h12-13,15,21,25H,2-11,14,16-17H2,1H3. The molecule has 1 rings (SSSR count). The molecule has 0 saturated carbocycles. The highest BCUT2D eigenvalue weighted by Crippen LogP contribution is 2.10. The van der Waals surface area contributed by atoms with E-state index >= 15 is 0 Å². The molecule has 0 aliphatic carbocycles. The Kier molecular flexibility index (Phi) is 12.3. The van der Waals surface area contributed by atoms with Crippen molar-refractivity contribution in [3.8, 4) is 0 Å². The number of hydrogen-bond donors (Lipinski definition) is 2. The summed E-state index contributed by atoms with van der Waals surface area (Å²) < 4.78 is 5.14. The zero-order chi connectivity index (χ0) is 19.0. The Morgan fingerprint density at radius 2 is 1.65 bits per heavy atom. The zero-order valence-corrected chi connectivity index (χ0v) is 16.0. The molecule has 1 heterocycles. The summed E-state index contributed by atoms with van der Waals surface area (Å²) in [5.41, 5.74) is 0.284. The van der Waals surface area contributed by atoms with Gasteiger partial charge >= 0.3 is 5.97 Å². The first-order valence-corrected chi connectivity index (χ1v) is 9.95. The van der Waals surface area contributed by atoms with Crippen molar-refractivity contribution in [3.05, 3.63) is 24.0 Å². The maximum Gasteiger partial charge on any atom is 0.307 e. The maximum absolute atomic E-state index is 11.8. The molecule has 0 aromatic carbocycles. The summed E-state index contributed by atoms with van der Waals surface area (Å²) in [4.78, 5) is 26.1. The molecule has 0 spiro atoms. The van der Waals surface area contributed by atoms with Crippen molar-refractivity contribution in [1.29, 1.82) is 0 Å². The van der Waals surface area contributed by atoms with E-state index in [1.807, 2.05) is 0 Å². The number of carbonyl (C=O) groups excluding carboxylic acids is 2. The van der Waals surface area contributed by atoms with Gasteiger partial charge in [0.25, 0.3) is 5.91 Å². The number of esters is 1. The Morgan fingerprint density at radius 1 is 1.04 bits per heavy atom. The summed E-state index contributed by atoms with van der Waals surface area (Å²) in [6.45, 7) is 2.57. The molecule has 0 saturated heterocycles. The quantitative estimate of drug-likeness (QED) is 0.204. The smallest absolute Gasteiger partial charge is 0.307 e. The van der Waals surface area contributed by atoms with Crippen LogP contribution in [0.3, 0.4) is 0 Å². The molecule has 0 unspecified atom stereocenters. The molecule has 0 fully saturated rings. The normalized spacial score (nSPS) is 10.7. The van der Waals surface area contributed by atoms with Gasteiger partial charge in [0.2, 0.25) is 0 Å². The predicted octanol–water partition coefficient (Wildman–Crippen LogP) is 4.70. The van der Waals surface area contributed by atoms with Crippen LogP contribution < -0.4 is 0 Å². The average Bonchev–Trinajstić information content (AvgIpc) is 3.18. The summed E-state index contributed by atoms with van der Waals surface area (Å²) in [6, 6.07) is 3.23. The van der Waals surface area contributed by atoms with Crippen LogP contribution in [0.5, 0.6) is 0 Å². The lowest BCUT2D eigenvalue weighted by molar-refractivity contribution is -0.146. The second-order valence-electron chi connectivity index (χ2n) is 6.66. The minimum atomic E-state index is -0.558. The number of nitrogens with one attached hydrogen (secondary N) is 1. The minimum absolute atomic E-state index is 0.0132. The molecule has 0 atom stereocenters. The van der Waals surface area contributed by atoms with Crippen molar-refractivity contribution in [3.63, 3.8) is 0 Å². The SMILES string of the molecule is CCCCCCCCCCCCOC(=O)CCN(O)C(=O)c1ccc[nH]1. The number of H-pyrrole nitrogens is 1. The van der Waals surface area contributed by atoms with Crippen LogP contribution in [0.2, 0.25) is 0 Å². The fraction of sp³-hybridized carbons (Fsp3) is 0.700. The van der Waals surface area contributed by atoms with E-state index < -0.39 is 5.91 Å². The number of carbonyl (C=O) groups is 2. The molecule has 6 heteroatoms. The Labute approximate surface area is 156 Å². The summed E-state index contributed by atoms with van der Waals surface area (Å²) in [5.74, 6) is -0.947. The molecule has 1 aromatic rings. The second-order valence-corrected chi connectivity index (χ2v) is 6.66. The van der Waals surface area contributed by atoms with E-state index in [1.165, 1.54) is 51.4 Å². The van der Waals surface area contributed by atoms with E-state index in [9.17, 15) is 14.8 Å². The van der Waals surface area contributed by atoms with Gasteiger partial charge < -0.3 is 9.72 Å². The number of hydroxylamine groups is 2. The van der Waals surface area contributed by atoms with Crippen LogP contribution in [-0.2, 0) is 9.53 Å². The Morgan fingerprint density at radius 3 is 2.23 bits per heavy atom. The van der Waals surface area contributed by atoms with Crippen LogP contribution in [0.15, 0.2) is 18.3 Å². The summed E-state index contributed by atoms with van der Waals surface area (Å²) in [5, 5.41) is 10.2. The van der Waals surface area contributed by atoms with Crippen molar-refractivity contribution in [1.82, 2.24) is 10.0 Å². The molecule has 26 heavy (non-hydrogen) atoms. The van der Waals surface area contributed by atoms with E-state index in [2.05, 4.69) is 11.9 Å². The molecule has 0 radical (unpaired) electrons. The number of aromatic amines is 1. The summed E-state index contributed by atoms with van der Waals surface area (Å²) in [7, 11) is 0. The van der Waals surface area contributed by atoms with Crippen LogP contribution in [0.4, 0.5) is 0 Å². The lowest BCUT2D eigenvalue weighted by Gasteiger charge is -2.13. The first kappa shape index (κ1) is 22.2. The van der Waals surface area contributed by atoms with Gasteiger partial charge in [-0.1, -0.05) is 64.7 Å². The highest BCUT2D eigenvalue weighted by Gasteiger charge is 2.15. The monoisotopic (exact) mass is 366 g/mol. The number of aromatic nitrogens is 1. The van der Waals surface area contributed by atoms with Gasteiger partial charge in [0.1, 0.15) is 5.69 Å². The largest absolute Gasteiger partial charge is 0.466 e. The van der Waals surface area contributed by atoms with Gasteiger partial charge in [-0.15, -0.1) is 0 Å². The molecule has 1 aromatic heterocycles. The van der Waals surface area contributed by atoms with Gasteiger partial charge in [0.05, 0.1) is 19.6 Å². The van der Waals surface area contributed by atoms with Gasteiger partial charge in [0.15, 0.2) is 0 Å². The van der Waals surface area contributed by atoms with E-state index in [4.69, 9.17) is 4.74 Å². The van der Waals surface area contributed by atoms with E-state index in [0.717, 1.165) is 12.8 Å². The molecular weight excluding hydrogens is 332 g/mol. The highest BCUT2D eigenvalue weighted by atomic mass is 16.5. The number of unbranched alkanes of at least 4 members (excludes halogenated alkanes) is 9. The number of rotatable bonds is 15. The molecule has 0 aliphatic heterocycles. The first-order valence-electron chi connectivity index (χ1n) is 9.95. The van der Waals surface area contributed by atoms with Crippen molar-refractivity contribution < 1.29 is 19.5 Å². The van der Waals surface area contributed by atoms with Gasteiger partial charge in [-0.05, 0) is 18.6 Å². The predicted molar refractivity (Wildman–Crippen MR) is 101 cm³/mol. The zero-order valence-electron chi connectivity index (χ0n) is 16.0. The van der Waals surface area contributed by atoms with Crippen LogP contribution in [0, 0.1) is 0 Å². The molecule has 0 aliphatic rings. The maximum atomic E-state index is 11.8. The fourth-order valence-electron chi connectivity index (χ4n) is 2.75. The number of amides is 1. The van der Waals surface area contributed by atoms with Crippen molar-refractivity contribution >= 4 is 11.9 Å². The van der Waals surface area contributed by atoms with Gasteiger partial charge in [-0.25, -0.2) is 5.06 Å². The number of hydrogen-bond acceptors (Lipinski definition) is 4. The summed E-state index contributed by atoms with van der Waals surface area (Å²) >= 11 is 0. The molecule has 1 amide bonds. The van der Waals surface area contributed by atoms with Crippen LogP contribution in [0.1, 0.15) is 88.0 Å². The van der Waals surface area contributed by atoms with Gasteiger partial charge in [-0.3, -0.25) is 14.8 Å². The number of nitrogens with zero attached hydrogens (tertiary/aromatic N) is 1. The lowest BCUT2D eigenvalue weighted by Crippen LogP contribution is -2.30. The van der Waals surface area contributed by atoms with Crippen LogP contribution in [-0.4, -0.2) is 40.3 Å². The summed E-state index contributed by atoms with van der Waals surface area (Å²) in [6.07, 6.45) is 13.9. The first-order chi connectivity index (χ1) is 12.6. The molecule has 6 nitrogen and oxygen atoms in total. The third-order valence-electron chi connectivity index (χ3n) is 4.35. The van der Waals surface area contributed by atoms with Gasteiger partial charge in [-0.2, -0.15) is 0 Å². The molecule has 2 N–H and O–H groups in total. The fourth-order valence-corrected chi connectivity index (χ4v) is 2.75.